The van der Waals surface area contributed by atoms with E-state index in [9.17, 15) is 4.79 Å². The van der Waals surface area contributed by atoms with Crippen molar-refractivity contribution in [1.82, 2.24) is 5.32 Å². The van der Waals surface area contributed by atoms with E-state index < -0.39 is 0 Å². The number of carbonyl (C=O) groups excluding carboxylic acids is 1. The first-order chi connectivity index (χ1) is 10.9. The monoisotopic (exact) mass is 387 g/mol. The second-order valence-electron chi connectivity index (χ2n) is 5.11. The van der Waals surface area contributed by atoms with Crippen LogP contribution in [-0.4, -0.2) is 11.2 Å². The minimum Gasteiger partial charge on any atom is -0.349 e. The molecule has 0 aliphatic heterocycles. The number of rotatable bonds is 5. The number of carbonyl (C=O) groups is 1. The van der Waals surface area contributed by atoms with E-state index in [4.69, 9.17) is 34.8 Å². The molecule has 2 rings (SSSR count). The first-order valence-electron chi connectivity index (χ1n) is 7.04. The highest BCUT2D eigenvalue weighted by Gasteiger charge is 2.18. The molecule has 1 N–H and O–H groups in total. The van der Waals surface area contributed by atoms with Crippen LogP contribution in [0.4, 0.5) is 0 Å². The van der Waals surface area contributed by atoms with E-state index in [0.29, 0.717) is 15.1 Å². The second-order valence-corrected chi connectivity index (χ2v) is 7.80. The minimum absolute atomic E-state index is 0.0523. The Kier molecular flexibility index (Phi) is 6.66. The van der Waals surface area contributed by atoms with Crippen LogP contribution < -0.4 is 5.32 Å². The van der Waals surface area contributed by atoms with Crippen LogP contribution in [0, 0.1) is 0 Å². The van der Waals surface area contributed by atoms with Crippen molar-refractivity contribution in [3.05, 3.63) is 63.1 Å². The molecule has 1 amide bonds. The number of nitrogens with one attached hydrogen (secondary N) is 1. The van der Waals surface area contributed by atoms with Gasteiger partial charge in [-0.25, -0.2) is 0 Å². The van der Waals surface area contributed by atoms with Crippen LogP contribution in [0.1, 0.15) is 25.5 Å². The summed E-state index contributed by atoms with van der Waals surface area (Å²) < 4.78 is 0. The summed E-state index contributed by atoms with van der Waals surface area (Å²) in [5, 5.41) is 4.54. The van der Waals surface area contributed by atoms with Crippen molar-refractivity contribution in [2.75, 3.05) is 0 Å². The number of thioether (sulfide) groups is 1. The minimum atomic E-state index is -0.232. The van der Waals surface area contributed by atoms with Crippen LogP contribution in [-0.2, 0) is 4.79 Å². The Hall–Kier alpha value is -0.870. The molecule has 2 aromatic carbocycles. The summed E-state index contributed by atoms with van der Waals surface area (Å²) in [6.45, 7) is 3.76. The smallest absolute Gasteiger partial charge is 0.233 e. The number of hydrogen-bond donors (Lipinski definition) is 1. The van der Waals surface area contributed by atoms with Crippen LogP contribution in [0.5, 0.6) is 0 Å². The Morgan fingerprint density at radius 2 is 1.61 bits per heavy atom. The molecule has 122 valence electrons. The number of halogens is 3. The maximum Gasteiger partial charge on any atom is 0.233 e. The lowest BCUT2D eigenvalue weighted by molar-refractivity contribution is -0.120. The van der Waals surface area contributed by atoms with Gasteiger partial charge in [0, 0.05) is 20.0 Å². The average Bonchev–Trinajstić information content (AvgIpc) is 2.49. The summed E-state index contributed by atoms with van der Waals surface area (Å²) in [6, 6.07) is 12.5. The van der Waals surface area contributed by atoms with Gasteiger partial charge in [-0.15, -0.1) is 11.8 Å². The van der Waals surface area contributed by atoms with Crippen molar-refractivity contribution in [1.29, 1.82) is 0 Å². The molecule has 2 aromatic rings. The van der Waals surface area contributed by atoms with Crippen LogP contribution in [0.3, 0.4) is 0 Å². The third kappa shape index (κ3) is 5.32. The lowest BCUT2D eigenvalue weighted by Crippen LogP contribution is -2.33. The lowest BCUT2D eigenvalue weighted by Gasteiger charge is -2.19. The Labute approximate surface area is 155 Å². The fourth-order valence-electron chi connectivity index (χ4n) is 2.03. The zero-order valence-electron chi connectivity index (χ0n) is 12.6. The zero-order chi connectivity index (χ0) is 17.0. The van der Waals surface area contributed by atoms with Crippen molar-refractivity contribution in [2.45, 2.75) is 30.0 Å². The van der Waals surface area contributed by atoms with Crippen molar-refractivity contribution < 1.29 is 4.79 Å². The van der Waals surface area contributed by atoms with Gasteiger partial charge in [-0.1, -0.05) is 40.9 Å². The summed E-state index contributed by atoms with van der Waals surface area (Å²) in [5.41, 5.74) is 0.841. The van der Waals surface area contributed by atoms with Crippen LogP contribution in [0.2, 0.25) is 15.1 Å². The maximum absolute atomic E-state index is 12.3. The molecule has 0 radical (unpaired) electrons. The SMILES string of the molecule is C[C@H](Sc1ccc(Cl)cc1)C(=O)N[C@H](C)c1ccc(Cl)cc1Cl. The molecular weight excluding hydrogens is 373 g/mol. The first kappa shape index (κ1) is 18.5. The van der Waals surface area contributed by atoms with Gasteiger partial charge in [0.15, 0.2) is 0 Å². The standard InChI is InChI=1S/C17H16Cl3NOS/c1-10(15-8-5-13(19)9-16(15)20)21-17(22)11(2)23-14-6-3-12(18)4-7-14/h3-11H,1-2H3,(H,21,22)/t10-,11+/m1/s1. The molecular formula is C17H16Cl3NOS. The van der Waals surface area contributed by atoms with Gasteiger partial charge in [-0.3, -0.25) is 4.79 Å². The zero-order valence-corrected chi connectivity index (χ0v) is 15.7. The van der Waals surface area contributed by atoms with E-state index in [1.54, 1.807) is 12.1 Å². The quantitative estimate of drug-likeness (QED) is 0.636. The molecule has 0 saturated carbocycles. The first-order valence-corrected chi connectivity index (χ1v) is 9.05. The van der Waals surface area contributed by atoms with Gasteiger partial charge in [-0.2, -0.15) is 0 Å². The maximum atomic E-state index is 12.3. The predicted molar refractivity (Wildman–Crippen MR) is 99.8 cm³/mol. The topological polar surface area (TPSA) is 29.1 Å². The highest BCUT2D eigenvalue weighted by Crippen LogP contribution is 2.28. The molecule has 6 heteroatoms. The number of hydrogen-bond acceptors (Lipinski definition) is 2. The summed E-state index contributed by atoms with van der Waals surface area (Å²) in [6.07, 6.45) is 0. The Bertz CT molecular complexity index is 691. The summed E-state index contributed by atoms with van der Waals surface area (Å²) in [7, 11) is 0. The van der Waals surface area contributed by atoms with E-state index in [0.717, 1.165) is 10.5 Å². The highest BCUT2D eigenvalue weighted by molar-refractivity contribution is 8.00. The van der Waals surface area contributed by atoms with E-state index in [1.807, 2.05) is 44.2 Å². The van der Waals surface area contributed by atoms with Gasteiger partial charge in [0.2, 0.25) is 5.91 Å². The molecule has 0 heterocycles. The van der Waals surface area contributed by atoms with Crippen LogP contribution >= 0.6 is 46.6 Å². The van der Waals surface area contributed by atoms with E-state index in [2.05, 4.69) is 5.32 Å². The summed E-state index contributed by atoms with van der Waals surface area (Å²) >= 11 is 19.4. The molecule has 0 fully saturated rings. The third-order valence-corrected chi connectivity index (χ3v) is 5.21. The van der Waals surface area contributed by atoms with Crippen molar-refractivity contribution in [3.8, 4) is 0 Å². The van der Waals surface area contributed by atoms with E-state index in [1.165, 1.54) is 11.8 Å². The molecule has 0 aliphatic rings. The Morgan fingerprint density at radius 3 is 2.22 bits per heavy atom. The fraction of sp³-hybridized carbons (Fsp3) is 0.235. The average molecular weight is 389 g/mol. The summed E-state index contributed by atoms with van der Waals surface area (Å²) in [4.78, 5) is 13.3. The van der Waals surface area contributed by atoms with Gasteiger partial charge < -0.3 is 5.32 Å². The molecule has 0 spiro atoms. The normalized spacial score (nSPS) is 13.4. The predicted octanol–water partition coefficient (Wildman–Crippen LogP) is 6.00. The van der Waals surface area contributed by atoms with Crippen LogP contribution in [0.25, 0.3) is 0 Å². The number of benzene rings is 2. The molecule has 0 aromatic heterocycles. The summed E-state index contributed by atoms with van der Waals surface area (Å²) in [5.74, 6) is -0.0523. The second kappa shape index (κ2) is 8.29. The highest BCUT2D eigenvalue weighted by atomic mass is 35.5. The molecule has 2 nitrogen and oxygen atoms in total. The van der Waals surface area contributed by atoms with Crippen molar-refractivity contribution in [2.24, 2.45) is 0 Å². The molecule has 0 bridgehead atoms. The van der Waals surface area contributed by atoms with Crippen molar-refractivity contribution >= 4 is 52.5 Å². The fourth-order valence-corrected chi connectivity index (χ4v) is 3.61. The molecule has 0 saturated heterocycles. The largest absolute Gasteiger partial charge is 0.349 e. The van der Waals surface area contributed by atoms with Crippen LogP contribution in [0.15, 0.2) is 47.4 Å². The van der Waals surface area contributed by atoms with E-state index in [-0.39, 0.29) is 17.2 Å². The molecule has 0 aliphatic carbocycles. The Morgan fingerprint density at radius 1 is 1.00 bits per heavy atom. The molecule has 0 unspecified atom stereocenters. The van der Waals surface area contributed by atoms with E-state index >= 15 is 0 Å². The lowest BCUT2D eigenvalue weighted by atomic mass is 10.1. The van der Waals surface area contributed by atoms with Gasteiger partial charge in [0.1, 0.15) is 0 Å². The van der Waals surface area contributed by atoms with Gasteiger partial charge in [-0.05, 0) is 55.8 Å². The number of amides is 1. The third-order valence-electron chi connectivity index (χ3n) is 3.28. The van der Waals surface area contributed by atoms with Gasteiger partial charge in [0.25, 0.3) is 0 Å². The van der Waals surface area contributed by atoms with Crippen molar-refractivity contribution in [3.63, 3.8) is 0 Å². The van der Waals surface area contributed by atoms with Gasteiger partial charge >= 0.3 is 0 Å². The molecule has 23 heavy (non-hydrogen) atoms. The Balaban J connectivity index is 1.98. The molecule has 2 atom stereocenters. The van der Waals surface area contributed by atoms with Gasteiger partial charge in [0.05, 0.1) is 11.3 Å².